The summed E-state index contributed by atoms with van der Waals surface area (Å²) in [5, 5.41) is 3.71. The van der Waals surface area contributed by atoms with Crippen molar-refractivity contribution in [3.63, 3.8) is 0 Å². The van der Waals surface area contributed by atoms with Gasteiger partial charge in [-0.05, 0) is 37.1 Å². The van der Waals surface area contributed by atoms with E-state index in [2.05, 4.69) is 15.0 Å². The van der Waals surface area contributed by atoms with E-state index in [9.17, 15) is 4.79 Å². The van der Waals surface area contributed by atoms with E-state index < -0.39 is 0 Å². The van der Waals surface area contributed by atoms with Gasteiger partial charge in [0, 0.05) is 19.5 Å². The summed E-state index contributed by atoms with van der Waals surface area (Å²) in [6.07, 6.45) is 10.3. The molecule has 3 aromatic rings. The molecule has 0 spiro atoms. The van der Waals surface area contributed by atoms with Gasteiger partial charge in [0.25, 0.3) is 5.91 Å². The van der Waals surface area contributed by atoms with Crippen molar-refractivity contribution >= 4 is 27.5 Å². The van der Waals surface area contributed by atoms with Crippen LogP contribution in [0.4, 0.5) is 0 Å². The summed E-state index contributed by atoms with van der Waals surface area (Å²) >= 11 is 1.49. The number of thiophene rings is 1. The number of rotatable bonds is 7. The Morgan fingerprint density at radius 3 is 2.89 bits per heavy atom. The van der Waals surface area contributed by atoms with Crippen molar-refractivity contribution in [2.45, 2.75) is 37.8 Å². The van der Waals surface area contributed by atoms with Gasteiger partial charge in [0.1, 0.15) is 12.7 Å². The molecular formula is C19H23N5O3S. The van der Waals surface area contributed by atoms with Gasteiger partial charge in [0.15, 0.2) is 5.69 Å². The molecular weight excluding hydrogens is 378 g/mol. The Hall–Kier alpha value is -2.36. The monoisotopic (exact) mass is 401 g/mol. The van der Waals surface area contributed by atoms with E-state index in [1.54, 1.807) is 35.5 Å². The number of methoxy groups -OCH3 is 1. The van der Waals surface area contributed by atoms with E-state index >= 15 is 0 Å². The van der Waals surface area contributed by atoms with Crippen LogP contribution >= 0.6 is 11.3 Å². The molecule has 28 heavy (non-hydrogen) atoms. The number of ether oxygens (including phenoxy) is 2. The SMILES string of the molecule is COCCOC1CCC(N(C(=O)c2ncnc3ccsc23)n2ccnc2)CC1. The molecule has 1 amide bonds. The number of hydrogen-bond donors (Lipinski definition) is 0. The number of nitrogens with zero attached hydrogens (tertiary/aromatic N) is 5. The van der Waals surface area contributed by atoms with Gasteiger partial charge in [-0.25, -0.2) is 24.6 Å². The molecule has 1 aliphatic carbocycles. The van der Waals surface area contributed by atoms with E-state index in [1.807, 2.05) is 11.4 Å². The molecule has 0 aromatic carbocycles. The third-order valence-electron chi connectivity index (χ3n) is 5.02. The highest BCUT2D eigenvalue weighted by Gasteiger charge is 2.32. The van der Waals surface area contributed by atoms with Crippen molar-refractivity contribution in [1.82, 2.24) is 19.6 Å². The summed E-state index contributed by atoms with van der Waals surface area (Å²) in [7, 11) is 1.67. The quantitative estimate of drug-likeness (QED) is 0.566. The largest absolute Gasteiger partial charge is 0.382 e. The van der Waals surface area contributed by atoms with Gasteiger partial charge in [0.2, 0.25) is 0 Å². The fourth-order valence-corrected chi connectivity index (χ4v) is 4.47. The molecule has 3 aromatic heterocycles. The second-order valence-electron chi connectivity index (χ2n) is 6.74. The van der Waals surface area contributed by atoms with Crippen molar-refractivity contribution in [2.24, 2.45) is 0 Å². The zero-order chi connectivity index (χ0) is 19.3. The van der Waals surface area contributed by atoms with Crippen LogP contribution in [0, 0.1) is 0 Å². The van der Waals surface area contributed by atoms with E-state index in [1.165, 1.54) is 17.7 Å². The lowest BCUT2D eigenvalue weighted by Gasteiger charge is -2.36. The van der Waals surface area contributed by atoms with Gasteiger partial charge >= 0.3 is 0 Å². The fourth-order valence-electron chi connectivity index (χ4n) is 3.64. The van der Waals surface area contributed by atoms with Crippen LogP contribution in [-0.4, -0.2) is 58.0 Å². The smallest absolute Gasteiger partial charge is 0.293 e. The summed E-state index contributed by atoms with van der Waals surface area (Å²) in [6, 6.07) is 1.97. The molecule has 0 saturated heterocycles. The van der Waals surface area contributed by atoms with Crippen molar-refractivity contribution < 1.29 is 14.3 Å². The molecule has 0 aliphatic heterocycles. The van der Waals surface area contributed by atoms with Crippen LogP contribution in [0.25, 0.3) is 10.2 Å². The highest BCUT2D eigenvalue weighted by molar-refractivity contribution is 7.17. The summed E-state index contributed by atoms with van der Waals surface area (Å²) in [6.45, 7) is 1.21. The fraction of sp³-hybridized carbons (Fsp3) is 0.474. The first-order chi connectivity index (χ1) is 13.8. The molecule has 0 radical (unpaired) electrons. The predicted molar refractivity (Wildman–Crippen MR) is 106 cm³/mol. The standard InChI is InChI=1S/C19H23N5O3S/c1-26-9-10-27-15-4-2-14(3-5-15)24(23-8-7-20-13-23)19(25)17-18-16(6-11-28-18)21-12-22-17/h6-8,11-15H,2-5,9-10H2,1H3. The van der Waals surface area contributed by atoms with Crippen LogP contribution < -0.4 is 5.01 Å². The maximum absolute atomic E-state index is 13.5. The van der Waals surface area contributed by atoms with Gasteiger partial charge in [-0.1, -0.05) is 0 Å². The normalized spacial score (nSPS) is 19.8. The second-order valence-corrected chi connectivity index (χ2v) is 7.66. The Morgan fingerprint density at radius 1 is 1.29 bits per heavy atom. The molecule has 9 heteroatoms. The zero-order valence-electron chi connectivity index (χ0n) is 15.7. The molecule has 1 fully saturated rings. The Morgan fingerprint density at radius 2 is 2.14 bits per heavy atom. The van der Waals surface area contributed by atoms with Crippen molar-refractivity contribution in [1.29, 1.82) is 0 Å². The van der Waals surface area contributed by atoms with E-state index in [-0.39, 0.29) is 18.1 Å². The first-order valence-corrected chi connectivity index (χ1v) is 10.3. The average Bonchev–Trinajstić information content (AvgIpc) is 3.41. The first kappa shape index (κ1) is 19.0. The van der Waals surface area contributed by atoms with E-state index in [0.717, 1.165) is 35.9 Å². The minimum Gasteiger partial charge on any atom is -0.382 e. The predicted octanol–water partition coefficient (Wildman–Crippen LogP) is 2.64. The maximum atomic E-state index is 13.5. The van der Waals surface area contributed by atoms with Gasteiger partial charge in [-0.2, -0.15) is 0 Å². The minimum absolute atomic E-state index is 0.0638. The molecule has 0 atom stereocenters. The Kier molecular flexibility index (Phi) is 5.94. The number of carbonyl (C=O) groups is 1. The number of imidazole rings is 1. The van der Waals surface area contributed by atoms with E-state index in [4.69, 9.17) is 9.47 Å². The van der Waals surface area contributed by atoms with Gasteiger partial charge in [-0.3, -0.25) is 4.79 Å². The first-order valence-electron chi connectivity index (χ1n) is 9.38. The second kappa shape index (κ2) is 8.76. The molecule has 8 nitrogen and oxygen atoms in total. The Bertz CT molecular complexity index is 905. The van der Waals surface area contributed by atoms with Crippen molar-refractivity contribution in [2.75, 3.05) is 25.3 Å². The van der Waals surface area contributed by atoms with Crippen LogP contribution in [0.5, 0.6) is 0 Å². The van der Waals surface area contributed by atoms with Crippen LogP contribution in [0.2, 0.25) is 0 Å². The van der Waals surface area contributed by atoms with E-state index in [0.29, 0.717) is 18.9 Å². The van der Waals surface area contributed by atoms with Crippen LogP contribution in [0.3, 0.4) is 0 Å². The topological polar surface area (TPSA) is 82.4 Å². The molecule has 0 unspecified atom stereocenters. The molecule has 1 saturated carbocycles. The lowest BCUT2D eigenvalue weighted by Crippen LogP contribution is -2.50. The summed E-state index contributed by atoms with van der Waals surface area (Å²) < 4.78 is 13.5. The molecule has 0 N–H and O–H groups in total. The van der Waals surface area contributed by atoms with Crippen molar-refractivity contribution in [3.05, 3.63) is 42.2 Å². The minimum atomic E-state index is -0.128. The molecule has 3 heterocycles. The lowest BCUT2D eigenvalue weighted by molar-refractivity contribution is -0.00370. The van der Waals surface area contributed by atoms with Crippen LogP contribution in [0.15, 0.2) is 36.5 Å². The summed E-state index contributed by atoms with van der Waals surface area (Å²) in [5.74, 6) is -0.128. The maximum Gasteiger partial charge on any atom is 0.293 e. The molecule has 1 aliphatic rings. The highest BCUT2D eigenvalue weighted by Crippen LogP contribution is 2.28. The van der Waals surface area contributed by atoms with Gasteiger partial charge in [-0.15, -0.1) is 11.3 Å². The third kappa shape index (κ3) is 3.91. The number of amides is 1. The number of fused-ring (bicyclic) bond motifs is 1. The van der Waals surface area contributed by atoms with Crippen LogP contribution in [0.1, 0.15) is 36.2 Å². The Balaban J connectivity index is 1.54. The summed E-state index contributed by atoms with van der Waals surface area (Å²) in [4.78, 5) is 26.2. The van der Waals surface area contributed by atoms with Crippen molar-refractivity contribution in [3.8, 4) is 0 Å². The third-order valence-corrected chi connectivity index (χ3v) is 5.93. The molecule has 4 rings (SSSR count). The average molecular weight is 401 g/mol. The number of hydrogen-bond acceptors (Lipinski definition) is 7. The number of carbonyl (C=O) groups excluding carboxylic acids is 1. The zero-order valence-corrected chi connectivity index (χ0v) is 16.5. The van der Waals surface area contributed by atoms with Gasteiger partial charge in [0.05, 0.1) is 35.6 Å². The number of aromatic nitrogens is 4. The Labute approximate surface area is 167 Å². The highest BCUT2D eigenvalue weighted by atomic mass is 32.1. The summed E-state index contributed by atoms with van der Waals surface area (Å²) in [5.41, 5.74) is 1.23. The molecule has 148 valence electrons. The lowest BCUT2D eigenvalue weighted by atomic mass is 9.92. The van der Waals surface area contributed by atoms with Crippen LogP contribution in [-0.2, 0) is 9.47 Å². The van der Waals surface area contributed by atoms with Gasteiger partial charge < -0.3 is 9.47 Å². The molecule has 0 bridgehead atoms.